The molecule has 12 heavy (non-hydrogen) atoms. The Balaban J connectivity index is 2.32. The Bertz CT molecular complexity index is 190. The van der Waals surface area contributed by atoms with Crippen LogP contribution in [0, 0.1) is 16.7 Å². The van der Waals surface area contributed by atoms with E-state index in [1.54, 1.807) is 0 Å². The van der Waals surface area contributed by atoms with Crippen molar-refractivity contribution >= 4 is 15.9 Å². The molecule has 1 aliphatic heterocycles. The lowest BCUT2D eigenvalue weighted by molar-refractivity contribution is -0.0840. The lowest BCUT2D eigenvalue weighted by Crippen LogP contribution is -2.47. The first-order valence-electron chi connectivity index (χ1n) is 4.76. The smallest absolute Gasteiger partial charge is 0.0525 e. The van der Waals surface area contributed by atoms with Gasteiger partial charge in [-0.15, -0.1) is 0 Å². The molecule has 1 aliphatic carbocycles. The monoisotopic (exact) mass is 232 g/mol. The zero-order valence-corrected chi connectivity index (χ0v) is 9.49. The fourth-order valence-corrected chi connectivity index (χ4v) is 3.93. The Labute approximate surface area is 83.0 Å². The number of hydrogen-bond acceptors (Lipinski definition) is 1. The molecule has 1 saturated carbocycles. The molecule has 0 spiro atoms. The van der Waals surface area contributed by atoms with Crippen LogP contribution in [0.2, 0.25) is 0 Å². The van der Waals surface area contributed by atoms with Gasteiger partial charge in [0.1, 0.15) is 0 Å². The lowest BCUT2D eigenvalue weighted by Gasteiger charge is -2.47. The van der Waals surface area contributed by atoms with Crippen molar-refractivity contribution in [1.29, 1.82) is 0 Å². The van der Waals surface area contributed by atoms with E-state index in [-0.39, 0.29) is 0 Å². The molecule has 0 aromatic heterocycles. The van der Waals surface area contributed by atoms with Gasteiger partial charge in [0.05, 0.1) is 6.61 Å². The third kappa shape index (κ3) is 0.941. The Morgan fingerprint density at radius 2 is 2.25 bits per heavy atom. The van der Waals surface area contributed by atoms with Crippen LogP contribution in [-0.4, -0.2) is 18.5 Å². The Morgan fingerprint density at radius 1 is 1.50 bits per heavy atom. The van der Waals surface area contributed by atoms with Crippen LogP contribution in [0.15, 0.2) is 0 Å². The van der Waals surface area contributed by atoms with Crippen molar-refractivity contribution < 1.29 is 4.74 Å². The summed E-state index contributed by atoms with van der Waals surface area (Å²) in [6.45, 7) is 6.75. The van der Waals surface area contributed by atoms with E-state index >= 15 is 0 Å². The quantitative estimate of drug-likeness (QED) is 0.633. The van der Waals surface area contributed by atoms with Crippen LogP contribution < -0.4 is 0 Å². The highest BCUT2D eigenvalue weighted by Gasteiger charge is 2.56. The largest absolute Gasteiger partial charge is 0.381 e. The SMILES string of the molecule is C[C@@]12CC[C@H](COC1)[C@@]2(C)CBr. The fourth-order valence-electron chi connectivity index (χ4n) is 2.79. The van der Waals surface area contributed by atoms with Gasteiger partial charge in [-0.3, -0.25) is 0 Å². The normalized spacial score (nSPS) is 52.8. The van der Waals surface area contributed by atoms with Crippen LogP contribution in [0.1, 0.15) is 26.7 Å². The van der Waals surface area contributed by atoms with Gasteiger partial charge in [-0.1, -0.05) is 29.8 Å². The summed E-state index contributed by atoms with van der Waals surface area (Å²) in [7, 11) is 0. The van der Waals surface area contributed by atoms with E-state index in [0.29, 0.717) is 10.8 Å². The second kappa shape index (κ2) is 2.71. The average molecular weight is 233 g/mol. The number of hydrogen-bond donors (Lipinski definition) is 0. The van der Waals surface area contributed by atoms with Crippen molar-refractivity contribution in [2.75, 3.05) is 18.5 Å². The molecular weight excluding hydrogens is 216 g/mol. The summed E-state index contributed by atoms with van der Waals surface area (Å²) in [6, 6.07) is 0. The van der Waals surface area contributed by atoms with Crippen molar-refractivity contribution in [2.45, 2.75) is 26.7 Å². The Kier molecular flexibility index (Phi) is 2.04. The van der Waals surface area contributed by atoms with Crippen molar-refractivity contribution in [3.8, 4) is 0 Å². The number of alkyl halides is 1. The summed E-state index contributed by atoms with van der Waals surface area (Å²) in [5.74, 6) is 0.788. The van der Waals surface area contributed by atoms with Gasteiger partial charge < -0.3 is 4.74 Å². The molecule has 0 aromatic rings. The molecule has 3 atom stereocenters. The summed E-state index contributed by atoms with van der Waals surface area (Å²) in [5.41, 5.74) is 0.907. The van der Waals surface area contributed by atoms with Crippen molar-refractivity contribution in [1.82, 2.24) is 0 Å². The molecule has 1 heterocycles. The molecule has 2 bridgehead atoms. The maximum Gasteiger partial charge on any atom is 0.0525 e. The predicted molar refractivity (Wildman–Crippen MR) is 53.6 cm³/mol. The summed E-state index contributed by atoms with van der Waals surface area (Å²) in [6.07, 6.45) is 2.71. The highest BCUT2D eigenvalue weighted by Crippen LogP contribution is 2.59. The van der Waals surface area contributed by atoms with Crippen LogP contribution in [0.4, 0.5) is 0 Å². The maximum atomic E-state index is 5.64. The first kappa shape index (κ1) is 9.01. The molecule has 70 valence electrons. The standard InChI is InChI=1S/C10H17BrO/c1-9-4-3-8(5-12-7-9)10(9,2)6-11/h8H,3-7H2,1-2H3/t8-,9-,10-/m1/s1. The number of fused-ring (bicyclic) bond motifs is 2. The minimum atomic E-state index is 0.430. The predicted octanol–water partition coefficient (Wildman–Crippen LogP) is 2.83. The van der Waals surface area contributed by atoms with E-state index in [1.165, 1.54) is 12.8 Å². The van der Waals surface area contributed by atoms with Gasteiger partial charge in [-0.25, -0.2) is 0 Å². The zero-order chi connectivity index (χ0) is 8.82. The van der Waals surface area contributed by atoms with Gasteiger partial charge in [0.25, 0.3) is 0 Å². The molecular formula is C10H17BrO. The summed E-state index contributed by atoms with van der Waals surface area (Å²) < 4.78 is 5.64. The van der Waals surface area contributed by atoms with Crippen LogP contribution >= 0.6 is 15.9 Å². The molecule has 1 nitrogen and oxygen atoms in total. The van der Waals surface area contributed by atoms with Crippen LogP contribution in [-0.2, 0) is 4.74 Å². The van der Waals surface area contributed by atoms with Crippen molar-refractivity contribution in [2.24, 2.45) is 16.7 Å². The first-order valence-corrected chi connectivity index (χ1v) is 5.88. The van der Waals surface area contributed by atoms with Gasteiger partial charge in [-0.2, -0.15) is 0 Å². The zero-order valence-electron chi connectivity index (χ0n) is 7.90. The van der Waals surface area contributed by atoms with Gasteiger partial charge in [0, 0.05) is 11.9 Å². The lowest BCUT2D eigenvalue weighted by atomic mass is 9.65. The Morgan fingerprint density at radius 3 is 2.75 bits per heavy atom. The van der Waals surface area contributed by atoms with Gasteiger partial charge in [0.15, 0.2) is 0 Å². The molecule has 2 heteroatoms. The van der Waals surface area contributed by atoms with Crippen molar-refractivity contribution in [3.63, 3.8) is 0 Å². The van der Waals surface area contributed by atoms with Gasteiger partial charge >= 0.3 is 0 Å². The third-order valence-electron chi connectivity index (χ3n) is 4.34. The van der Waals surface area contributed by atoms with Crippen LogP contribution in [0.3, 0.4) is 0 Å². The topological polar surface area (TPSA) is 9.23 Å². The molecule has 0 unspecified atom stereocenters. The molecule has 1 saturated heterocycles. The highest BCUT2D eigenvalue weighted by atomic mass is 79.9. The highest BCUT2D eigenvalue weighted by molar-refractivity contribution is 9.09. The number of rotatable bonds is 1. The number of halogens is 1. The van der Waals surface area contributed by atoms with E-state index in [2.05, 4.69) is 29.8 Å². The summed E-state index contributed by atoms with van der Waals surface area (Å²) in [4.78, 5) is 0. The fraction of sp³-hybridized carbons (Fsp3) is 1.00. The molecule has 2 fully saturated rings. The molecule has 0 radical (unpaired) electrons. The van der Waals surface area contributed by atoms with E-state index < -0.39 is 0 Å². The van der Waals surface area contributed by atoms with Crippen LogP contribution in [0.5, 0.6) is 0 Å². The minimum Gasteiger partial charge on any atom is -0.381 e. The van der Waals surface area contributed by atoms with E-state index in [0.717, 1.165) is 24.5 Å². The average Bonchev–Trinajstić information content (AvgIpc) is 2.27. The maximum absolute atomic E-state index is 5.64. The second-order valence-electron chi connectivity index (χ2n) is 4.86. The summed E-state index contributed by atoms with van der Waals surface area (Å²) >= 11 is 3.67. The van der Waals surface area contributed by atoms with Gasteiger partial charge in [-0.05, 0) is 29.6 Å². The molecule has 0 amide bonds. The number of ether oxygens (including phenoxy) is 1. The Hall–Kier alpha value is 0.440. The first-order chi connectivity index (χ1) is 5.62. The molecule has 2 aliphatic rings. The third-order valence-corrected chi connectivity index (χ3v) is 5.51. The van der Waals surface area contributed by atoms with E-state index in [9.17, 15) is 0 Å². The van der Waals surface area contributed by atoms with E-state index in [4.69, 9.17) is 4.74 Å². The summed E-state index contributed by atoms with van der Waals surface area (Å²) in [5, 5.41) is 1.13. The van der Waals surface area contributed by atoms with Crippen LogP contribution in [0.25, 0.3) is 0 Å². The second-order valence-corrected chi connectivity index (χ2v) is 5.42. The molecule has 0 aromatic carbocycles. The molecule has 2 rings (SSSR count). The minimum absolute atomic E-state index is 0.430. The van der Waals surface area contributed by atoms with Crippen molar-refractivity contribution in [3.05, 3.63) is 0 Å². The molecule has 0 N–H and O–H groups in total. The van der Waals surface area contributed by atoms with E-state index in [1.807, 2.05) is 0 Å². The van der Waals surface area contributed by atoms with Gasteiger partial charge in [0.2, 0.25) is 0 Å².